The Morgan fingerprint density at radius 3 is 2.31 bits per heavy atom. The maximum absolute atomic E-state index is 12.6. The minimum atomic E-state index is -4.42. The summed E-state index contributed by atoms with van der Waals surface area (Å²) in [4.78, 5) is 12.0. The van der Waals surface area contributed by atoms with E-state index in [1.807, 2.05) is 19.1 Å². The minimum Gasteiger partial charge on any atom is -0.423 e. The van der Waals surface area contributed by atoms with Crippen LogP contribution in [0.25, 0.3) is 0 Å². The molecule has 0 heterocycles. The van der Waals surface area contributed by atoms with Gasteiger partial charge in [0, 0.05) is 6.08 Å². The fraction of sp³-hybridized carbons (Fsp3) is 0.370. The summed E-state index contributed by atoms with van der Waals surface area (Å²) in [5.41, 5.74) is 4.02. The average Bonchev–Trinajstić information content (AvgIpc) is 2.66. The lowest BCUT2D eigenvalue weighted by molar-refractivity contribution is -0.137. The molecule has 0 amide bonds. The third kappa shape index (κ3) is 7.70. The molecule has 0 bridgehead atoms. The molecule has 1 aliphatic rings. The first-order valence-corrected chi connectivity index (χ1v) is 10.7. The largest absolute Gasteiger partial charge is 0.423 e. The predicted octanol–water partition coefficient (Wildman–Crippen LogP) is 8.14. The van der Waals surface area contributed by atoms with Gasteiger partial charge in [-0.1, -0.05) is 55.4 Å². The van der Waals surface area contributed by atoms with Gasteiger partial charge in [-0.2, -0.15) is 13.2 Å². The highest BCUT2D eigenvalue weighted by atomic mass is 19.4. The smallest absolute Gasteiger partial charge is 0.416 e. The summed E-state index contributed by atoms with van der Waals surface area (Å²) in [5, 5.41) is 0. The second-order valence-electron chi connectivity index (χ2n) is 8.87. The molecule has 0 saturated heterocycles. The molecule has 2 rings (SSSR count). The molecule has 172 valence electrons. The zero-order valence-electron chi connectivity index (χ0n) is 19.3. The van der Waals surface area contributed by atoms with Crippen molar-refractivity contribution in [2.24, 2.45) is 5.41 Å². The number of hydrogen-bond donors (Lipinski definition) is 0. The monoisotopic (exact) mass is 444 g/mol. The molecule has 5 heteroatoms. The van der Waals surface area contributed by atoms with Crippen LogP contribution in [0.1, 0.15) is 59.4 Å². The quantitative estimate of drug-likeness (QED) is 0.192. The molecular formula is C27H31F3O2. The summed E-state index contributed by atoms with van der Waals surface area (Å²) >= 11 is 0. The third-order valence-corrected chi connectivity index (χ3v) is 5.52. The highest BCUT2D eigenvalue weighted by Crippen LogP contribution is 2.40. The first kappa shape index (κ1) is 25.4. The van der Waals surface area contributed by atoms with Crippen molar-refractivity contribution >= 4 is 5.97 Å². The highest BCUT2D eigenvalue weighted by Gasteiger charge is 2.30. The van der Waals surface area contributed by atoms with E-state index in [1.54, 1.807) is 13.0 Å². The van der Waals surface area contributed by atoms with Crippen molar-refractivity contribution in [2.75, 3.05) is 0 Å². The fourth-order valence-electron chi connectivity index (χ4n) is 3.72. The van der Waals surface area contributed by atoms with E-state index < -0.39 is 17.7 Å². The van der Waals surface area contributed by atoms with Crippen LogP contribution < -0.4 is 4.74 Å². The number of halogens is 3. The Labute approximate surface area is 188 Å². The Bertz CT molecular complexity index is 969. The Morgan fingerprint density at radius 2 is 1.72 bits per heavy atom. The molecule has 1 aliphatic carbocycles. The van der Waals surface area contributed by atoms with Crippen LogP contribution in [-0.4, -0.2) is 5.97 Å². The molecular weight excluding hydrogens is 413 g/mol. The molecule has 0 spiro atoms. The van der Waals surface area contributed by atoms with E-state index >= 15 is 0 Å². The third-order valence-electron chi connectivity index (χ3n) is 5.52. The molecule has 0 aromatic heterocycles. The van der Waals surface area contributed by atoms with Crippen LogP contribution in [0.4, 0.5) is 13.2 Å². The fourth-order valence-corrected chi connectivity index (χ4v) is 3.72. The molecule has 0 unspecified atom stereocenters. The van der Waals surface area contributed by atoms with Gasteiger partial charge in [0.2, 0.25) is 0 Å². The maximum atomic E-state index is 12.6. The summed E-state index contributed by atoms with van der Waals surface area (Å²) in [5.74, 6) is -0.582. The van der Waals surface area contributed by atoms with E-state index in [0.717, 1.165) is 36.3 Å². The van der Waals surface area contributed by atoms with Crippen LogP contribution >= 0.6 is 0 Å². The number of benzene rings is 1. The summed E-state index contributed by atoms with van der Waals surface area (Å²) in [6, 6.07) is 4.02. The van der Waals surface area contributed by atoms with Crippen molar-refractivity contribution < 1.29 is 22.7 Å². The SMILES string of the molecule is CC1=C(/C=C/C(C)=C/C=C/C(C)=C/C(=O)Oc2ccc(C(F)(F)F)cc2)C(C)(C)CCC1. The Morgan fingerprint density at radius 1 is 1.06 bits per heavy atom. The van der Waals surface area contributed by atoms with Crippen molar-refractivity contribution in [3.05, 3.63) is 88.6 Å². The summed E-state index contributed by atoms with van der Waals surface area (Å²) < 4.78 is 42.8. The molecule has 0 aliphatic heterocycles. The van der Waals surface area contributed by atoms with Gasteiger partial charge in [-0.25, -0.2) is 4.79 Å². The lowest BCUT2D eigenvalue weighted by Crippen LogP contribution is -2.19. The normalized spacial score (nSPS) is 18.0. The number of alkyl halides is 3. The van der Waals surface area contributed by atoms with Crippen molar-refractivity contribution in [3.63, 3.8) is 0 Å². The molecule has 2 nitrogen and oxygen atoms in total. The van der Waals surface area contributed by atoms with Gasteiger partial charge < -0.3 is 4.74 Å². The first-order valence-electron chi connectivity index (χ1n) is 10.7. The second-order valence-corrected chi connectivity index (χ2v) is 8.87. The number of hydrogen-bond acceptors (Lipinski definition) is 2. The lowest BCUT2D eigenvalue weighted by atomic mass is 9.72. The second kappa shape index (κ2) is 10.7. The van der Waals surface area contributed by atoms with Gasteiger partial charge in [-0.15, -0.1) is 0 Å². The van der Waals surface area contributed by atoms with Gasteiger partial charge in [-0.05, 0) is 80.9 Å². The van der Waals surface area contributed by atoms with Gasteiger partial charge >= 0.3 is 12.1 Å². The van der Waals surface area contributed by atoms with E-state index in [9.17, 15) is 18.0 Å². The van der Waals surface area contributed by atoms with Gasteiger partial charge in [0.05, 0.1) is 5.56 Å². The van der Waals surface area contributed by atoms with Crippen molar-refractivity contribution in [1.29, 1.82) is 0 Å². The number of rotatable bonds is 6. The van der Waals surface area contributed by atoms with Crippen LogP contribution in [-0.2, 0) is 11.0 Å². The minimum absolute atomic E-state index is 0.0622. The summed E-state index contributed by atoms with van der Waals surface area (Å²) in [6.45, 7) is 10.5. The number of carbonyl (C=O) groups excluding carboxylic acids is 1. The topological polar surface area (TPSA) is 26.3 Å². The molecule has 0 radical (unpaired) electrons. The summed E-state index contributed by atoms with van der Waals surface area (Å²) in [7, 11) is 0. The Hall–Kier alpha value is -2.82. The molecule has 0 atom stereocenters. The number of esters is 1. The lowest BCUT2D eigenvalue weighted by Gasteiger charge is -2.32. The average molecular weight is 445 g/mol. The molecule has 1 aromatic rings. The van der Waals surface area contributed by atoms with Crippen molar-refractivity contribution in [2.45, 2.75) is 60.1 Å². The molecule has 0 saturated carbocycles. The van der Waals surface area contributed by atoms with E-state index in [0.29, 0.717) is 5.57 Å². The zero-order valence-corrected chi connectivity index (χ0v) is 19.3. The first-order chi connectivity index (χ1) is 14.9. The van der Waals surface area contributed by atoms with Crippen LogP contribution in [0, 0.1) is 5.41 Å². The van der Waals surface area contributed by atoms with Crippen LogP contribution in [0.3, 0.4) is 0 Å². The maximum Gasteiger partial charge on any atom is 0.416 e. The summed E-state index contributed by atoms with van der Waals surface area (Å²) in [6.07, 6.45) is 10.4. The number of allylic oxidation sites excluding steroid dienone is 9. The molecule has 0 fully saturated rings. The van der Waals surface area contributed by atoms with Gasteiger partial charge in [0.1, 0.15) is 5.75 Å². The van der Waals surface area contributed by atoms with E-state index in [1.165, 1.54) is 30.1 Å². The molecule has 1 aromatic carbocycles. The van der Waals surface area contributed by atoms with Crippen LogP contribution in [0.5, 0.6) is 5.75 Å². The van der Waals surface area contributed by atoms with Gasteiger partial charge in [0.25, 0.3) is 0 Å². The van der Waals surface area contributed by atoms with Crippen molar-refractivity contribution in [3.8, 4) is 5.75 Å². The van der Waals surface area contributed by atoms with E-state index in [4.69, 9.17) is 4.74 Å². The van der Waals surface area contributed by atoms with Crippen LogP contribution in [0.2, 0.25) is 0 Å². The Kier molecular flexibility index (Phi) is 8.48. The highest BCUT2D eigenvalue weighted by molar-refractivity contribution is 5.85. The Balaban J connectivity index is 1.96. The van der Waals surface area contributed by atoms with E-state index in [-0.39, 0.29) is 11.2 Å². The zero-order chi connectivity index (χ0) is 23.9. The number of ether oxygens (including phenoxy) is 1. The van der Waals surface area contributed by atoms with Gasteiger partial charge in [-0.3, -0.25) is 0 Å². The predicted molar refractivity (Wildman–Crippen MR) is 123 cm³/mol. The van der Waals surface area contributed by atoms with E-state index in [2.05, 4.69) is 32.9 Å². The van der Waals surface area contributed by atoms with Gasteiger partial charge in [0.15, 0.2) is 0 Å². The molecule has 0 N–H and O–H groups in total. The number of carbonyl (C=O) groups is 1. The molecule has 32 heavy (non-hydrogen) atoms. The van der Waals surface area contributed by atoms with Crippen molar-refractivity contribution in [1.82, 2.24) is 0 Å². The van der Waals surface area contributed by atoms with Crippen LogP contribution in [0.15, 0.2) is 83.0 Å². The standard InChI is InChI=1S/C27H31F3O2/c1-19(11-16-24-21(3)10-7-17-26(24,4)5)8-6-9-20(2)18-25(31)32-23-14-12-22(13-15-23)27(28,29)30/h6,8-9,11-16,18H,7,10,17H2,1-5H3/b9-6+,16-11+,19-8+,20-18+.